The highest BCUT2D eigenvalue weighted by Crippen LogP contribution is 2.57. The Hall–Kier alpha value is -7.20. The molecule has 11 aromatic rings. The lowest BCUT2D eigenvalue weighted by atomic mass is 9.67. The topological polar surface area (TPSA) is 16.4 Å². The van der Waals surface area contributed by atoms with Crippen LogP contribution < -0.4 is 4.90 Å². The molecule has 272 valence electrons. The van der Waals surface area contributed by atoms with Crippen LogP contribution in [0.2, 0.25) is 0 Å². The van der Waals surface area contributed by atoms with Gasteiger partial charge in [-0.3, -0.25) is 0 Å². The number of fused-ring (bicyclic) bond motifs is 9. The molecular weight excluding hydrogens is 723 g/mol. The van der Waals surface area contributed by atoms with Crippen molar-refractivity contribution in [3.05, 3.63) is 235 Å². The lowest BCUT2D eigenvalue weighted by Gasteiger charge is -2.33. The number of furan rings is 1. The van der Waals surface area contributed by atoms with Gasteiger partial charge < -0.3 is 9.32 Å². The third-order valence-corrected chi connectivity index (χ3v) is 13.3. The summed E-state index contributed by atoms with van der Waals surface area (Å²) in [5.41, 5.74) is 14.5. The van der Waals surface area contributed by atoms with Crippen molar-refractivity contribution >= 4 is 70.5 Å². The molecule has 2 aromatic heterocycles. The highest BCUT2D eigenvalue weighted by atomic mass is 32.1. The molecule has 0 bridgehead atoms. The average Bonchev–Trinajstić information content (AvgIpc) is 3.94. The van der Waals surface area contributed by atoms with E-state index >= 15 is 0 Å². The third kappa shape index (κ3) is 4.90. The molecule has 0 radical (unpaired) electrons. The Morgan fingerprint density at radius 1 is 0.362 bits per heavy atom. The molecule has 0 atom stereocenters. The fraction of sp³-hybridized carbons (Fsp3) is 0.0182. The van der Waals surface area contributed by atoms with E-state index in [1.54, 1.807) is 0 Å². The first-order valence-electron chi connectivity index (χ1n) is 19.8. The van der Waals surface area contributed by atoms with E-state index in [4.69, 9.17) is 4.42 Å². The quantitative estimate of drug-likeness (QED) is 0.168. The maximum Gasteiger partial charge on any atom is 0.136 e. The molecule has 1 aliphatic carbocycles. The van der Waals surface area contributed by atoms with Crippen LogP contribution in [0.5, 0.6) is 0 Å². The van der Waals surface area contributed by atoms with Crippen molar-refractivity contribution in [2.24, 2.45) is 0 Å². The van der Waals surface area contributed by atoms with E-state index in [1.165, 1.54) is 53.6 Å². The van der Waals surface area contributed by atoms with E-state index in [9.17, 15) is 0 Å². The van der Waals surface area contributed by atoms with Gasteiger partial charge in [-0.15, -0.1) is 11.3 Å². The normalized spacial score (nSPS) is 13.0. The van der Waals surface area contributed by atoms with Gasteiger partial charge >= 0.3 is 0 Å². The van der Waals surface area contributed by atoms with E-state index in [1.807, 2.05) is 11.3 Å². The van der Waals surface area contributed by atoms with Gasteiger partial charge in [0.25, 0.3) is 0 Å². The molecule has 0 aliphatic heterocycles. The van der Waals surface area contributed by atoms with Gasteiger partial charge in [-0.05, 0) is 117 Å². The second kappa shape index (κ2) is 12.9. The number of benzene rings is 9. The van der Waals surface area contributed by atoms with Crippen LogP contribution in [0, 0.1) is 0 Å². The molecule has 0 spiro atoms. The van der Waals surface area contributed by atoms with Gasteiger partial charge in [0.05, 0.1) is 5.41 Å². The van der Waals surface area contributed by atoms with Crippen LogP contribution in [0.15, 0.2) is 217 Å². The number of rotatable bonds is 6. The van der Waals surface area contributed by atoms with E-state index in [-0.39, 0.29) is 0 Å². The van der Waals surface area contributed by atoms with E-state index in [0.717, 1.165) is 50.1 Å². The minimum atomic E-state index is -0.467. The zero-order chi connectivity index (χ0) is 38.2. The van der Waals surface area contributed by atoms with Crippen LogP contribution in [0.3, 0.4) is 0 Å². The summed E-state index contributed by atoms with van der Waals surface area (Å²) < 4.78 is 9.45. The van der Waals surface area contributed by atoms with Crippen LogP contribution in [-0.2, 0) is 5.41 Å². The fourth-order valence-electron chi connectivity index (χ4n) is 9.57. The number of hydrogen-bond donors (Lipinski definition) is 0. The maximum absolute atomic E-state index is 6.83. The minimum Gasteiger partial charge on any atom is -0.456 e. The Kier molecular flexibility index (Phi) is 7.35. The molecule has 0 saturated heterocycles. The monoisotopic (exact) mass is 757 g/mol. The standard InChI is InChI=1S/C55H35NOS/c1-4-14-38(15-5-1)55(39-16-6-2-7-17-39)49-22-12-10-20-43(49)46-34-47-44-30-26-37(32-51(44)57-52(47)35-50(46)55)36-24-27-41(28-25-36)56(40-18-8-3-9-19-40)42-29-31-54-48(33-42)45-21-11-13-23-53(45)58-54/h1-35H. The summed E-state index contributed by atoms with van der Waals surface area (Å²) >= 11 is 1.85. The van der Waals surface area contributed by atoms with Gasteiger partial charge in [-0.2, -0.15) is 0 Å². The molecule has 58 heavy (non-hydrogen) atoms. The van der Waals surface area contributed by atoms with Crippen molar-refractivity contribution < 1.29 is 4.42 Å². The molecule has 12 rings (SSSR count). The lowest BCUT2D eigenvalue weighted by molar-refractivity contribution is 0.666. The summed E-state index contributed by atoms with van der Waals surface area (Å²) in [5.74, 6) is 0. The first kappa shape index (κ1) is 33.0. The number of para-hydroxylation sites is 1. The molecule has 3 heteroatoms. The Morgan fingerprint density at radius 2 is 0.966 bits per heavy atom. The molecule has 0 amide bonds. The first-order chi connectivity index (χ1) is 28.7. The summed E-state index contributed by atoms with van der Waals surface area (Å²) in [6.07, 6.45) is 0. The zero-order valence-corrected chi connectivity index (χ0v) is 32.3. The SMILES string of the molecule is c1ccc(N(c2ccc(-c3ccc4c(c3)oc3cc5c(cc34)-c3ccccc3C5(c3ccccc3)c3ccccc3)cc2)c2ccc3sc4ccccc4c3c2)cc1. The Morgan fingerprint density at radius 3 is 1.74 bits per heavy atom. The Labute approximate surface area is 340 Å². The molecule has 9 aromatic carbocycles. The van der Waals surface area contributed by atoms with E-state index in [0.29, 0.717) is 0 Å². The van der Waals surface area contributed by atoms with Gasteiger partial charge in [-0.25, -0.2) is 0 Å². The first-order valence-corrected chi connectivity index (χ1v) is 20.6. The van der Waals surface area contributed by atoms with Gasteiger partial charge in [0.15, 0.2) is 0 Å². The number of hydrogen-bond acceptors (Lipinski definition) is 3. The molecular formula is C55H35NOS. The molecule has 2 heterocycles. The molecule has 0 saturated carbocycles. The predicted octanol–water partition coefficient (Wildman–Crippen LogP) is 15.5. The maximum atomic E-state index is 6.83. The number of anilines is 3. The van der Waals surface area contributed by atoms with Crippen molar-refractivity contribution in [2.75, 3.05) is 4.90 Å². The fourth-order valence-corrected chi connectivity index (χ4v) is 10.7. The van der Waals surface area contributed by atoms with Gasteiger partial charge in [0.1, 0.15) is 11.2 Å². The van der Waals surface area contributed by atoms with Crippen LogP contribution in [0.4, 0.5) is 17.1 Å². The van der Waals surface area contributed by atoms with Gasteiger partial charge in [0, 0.05) is 48.0 Å². The smallest absolute Gasteiger partial charge is 0.136 e. The van der Waals surface area contributed by atoms with Crippen LogP contribution in [-0.4, -0.2) is 0 Å². The highest BCUT2D eigenvalue weighted by Gasteiger charge is 2.46. The minimum absolute atomic E-state index is 0.467. The van der Waals surface area contributed by atoms with Crippen molar-refractivity contribution in [2.45, 2.75) is 5.41 Å². The summed E-state index contributed by atoms with van der Waals surface area (Å²) in [4.78, 5) is 2.35. The summed E-state index contributed by atoms with van der Waals surface area (Å²) in [7, 11) is 0. The lowest BCUT2D eigenvalue weighted by Crippen LogP contribution is -2.28. The highest BCUT2D eigenvalue weighted by molar-refractivity contribution is 7.25. The molecule has 2 nitrogen and oxygen atoms in total. The average molecular weight is 758 g/mol. The van der Waals surface area contributed by atoms with Gasteiger partial charge in [0.2, 0.25) is 0 Å². The zero-order valence-electron chi connectivity index (χ0n) is 31.5. The summed E-state index contributed by atoms with van der Waals surface area (Å²) in [6.45, 7) is 0. The number of nitrogens with zero attached hydrogens (tertiary/aromatic N) is 1. The second-order valence-corrected chi connectivity index (χ2v) is 16.3. The number of thiophene rings is 1. The molecule has 0 unspecified atom stereocenters. The Bertz CT molecular complexity index is 3290. The third-order valence-electron chi connectivity index (χ3n) is 12.1. The summed E-state index contributed by atoms with van der Waals surface area (Å²) in [6, 6.07) is 77.2. The van der Waals surface area contributed by atoms with E-state index < -0.39 is 5.41 Å². The van der Waals surface area contributed by atoms with Crippen molar-refractivity contribution in [1.29, 1.82) is 0 Å². The Balaban J connectivity index is 0.961. The summed E-state index contributed by atoms with van der Waals surface area (Å²) in [5, 5.41) is 4.85. The van der Waals surface area contributed by atoms with E-state index in [2.05, 4.69) is 217 Å². The van der Waals surface area contributed by atoms with Crippen LogP contribution >= 0.6 is 11.3 Å². The molecule has 0 fully saturated rings. The predicted molar refractivity (Wildman–Crippen MR) is 244 cm³/mol. The second-order valence-electron chi connectivity index (χ2n) is 15.2. The molecule has 0 N–H and O–H groups in total. The van der Waals surface area contributed by atoms with Crippen molar-refractivity contribution in [3.63, 3.8) is 0 Å². The molecule has 1 aliphatic rings. The largest absolute Gasteiger partial charge is 0.456 e. The van der Waals surface area contributed by atoms with Crippen LogP contribution in [0.25, 0.3) is 64.4 Å². The van der Waals surface area contributed by atoms with Gasteiger partial charge in [-0.1, -0.05) is 140 Å². The van der Waals surface area contributed by atoms with Crippen molar-refractivity contribution in [1.82, 2.24) is 0 Å². The van der Waals surface area contributed by atoms with Crippen molar-refractivity contribution in [3.8, 4) is 22.3 Å². The van der Waals surface area contributed by atoms with Crippen LogP contribution in [0.1, 0.15) is 22.3 Å².